The molecule has 1 amide bonds. The molecule has 1 aromatic rings. The van der Waals surface area contributed by atoms with E-state index in [1.54, 1.807) is 4.90 Å². The van der Waals surface area contributed by atoms with Gasteiger partial charge in [-0.2, -0.15) is 4.98 Å². The molecule has 1 saturated heterocycles. The second-order valence-electron chi connectivity index (χ2n) is 4.53. The van der Waals surface area contributed by atoms with Crippen LogP contribution in [0, 0.1) is 6.92 Å². The largest absolute Gasteiger partial charge is 0.478 e. The first kappa shape index (κ1) is 14.6. The number of hydrogen-bond donors (Lipinski definition) is 2. The third-order valence-electron chi connectivity index (χ3n) is 3.09. The molecule has 20 heavy (non-hydrogen) atoms. The number of likely N-dealkylation sites (tertiary alicyclic amines) is 1. The third kappa shape index (κ3) is 3.19. The molecule has 0 atom stereocenters. The van der Waals surface area contributed by atoms with Crippen molar-refractivity contribution in [3.63, 3.8) is 0 Å². The zero-order chi connectivity index (χ0) is 14.7. The van der Waals surface area contributed by atoms with Crippen molar-refractivity contribution in [2.45, 2.75) is 24.8 Å². The van der Waals surface area contributed by atoms with Gasteiger partial charge in [0.2, 0.25) is 5.91 Å². The molecule has 2 rings (SSSR count). The van der Waals surface area contributed by atoms with Gasteiger partial charge in [-0.25, -0.2) is 9.59 Å². The number of H-pyrrole nitrogens is 1. The number of nitrogens with one attached hydrogen (secondary N) is 1. The van der Waals surface area contributed by atoms with E-state index in [0.717, 1.165) is 37.7 Å². The van der Waals surface area contributed by atoms with Crippen LogP contribution in [-0.2, 0) is 4.79 Å². The van der Waals surface area contributed by atoms with E-state index in [1.165, 1.54) is 6.92 Å². The molecule has 0 saturated carbocycles. The van der Waals surface area contributed by atoms with Gasteiger partial charge < -0.3 is 15.0 Å². The Hall–Kier alpha value is -1.83. The molecule has 0 bridgehead atoms. The molecule has 2 N–H and O–H groups in total. The molecule has 1 aromatic heterocycles. The van der Waals surface area contributed by atoms with E-state index < -0.39 is 11.7 Å². The number of carboxylic acid groups (broad SMARTS) is 1. The van der Waals surface area contributed by atoms with E-state index in [2.05, 4.69) is 9.97 Å². The van der Waals surface area contributed by atoms with E-state index >= 15 is 0 Å². The van der Waals surface area contributed by atoms with E-state index in [1.807, 2.05) is 0 Å². The normalized spacial score (nSPS) is 14.6. The average Bonchev–Trinajstić information content (AvgIpc) is 2.88. The molecule has 1 aliphatic rings. The highest BCUT2D eigenvalue weighted by Crippen LogP contribution is 2.22. The summed E-state index contributed by atoms with van der Waals surface area (Å²) in [6, 6.07) is 0. The summed E-state index contributed by atoms with van der Waals surface area (Å²) in [5.41, 5.74) is -0.416. The van der Waals surface area contributed by atoms with Crippen LogP contribution in [0.15, 0.2) is 9.82 Å². The van der Waals surface area contributed by atoms with Crippen molar-refractivity contribution >= 4 is 23.6 Å². The molecular formula is C12H15N3O4S. The van der Waals surface area contributed by atoms with Gasteiger partial charge >= 0.3 is 11.7 Å². The van der Waals surface area contributed by atoms with Crippen LogP contribution < -0.4 is 5.69 Å². The molecule has 1 aliphatic heterocycles. The summed E-state index contributed by atoms with van der Waals surface area (Å²) in [6.07, 6.45) is 2.00. The Balaban J connectivity index is 2.14. The number of thioether (sulfide) groups is 1. The highest BCUT2D eigenvalue weighted by molar-refractivity contribution is 8.00. The lowest BCUT2D eigenvalue weighted by molar-refractivity contribution is -0.127. The SMILES string of the molecule is Cc1[nH]c(=O)nc(SCC(=O)N2CCCC2)c1C(=O)O. The van der Waals surface area contributed by atoms with Gasteiger partial charge in [0.05, 0.1) is 5.75 Å². The van der Waals surface area contributed by atoms with Gasteiger partial charge in [-0.05, 0) is 19.8 Å². The highest BCUT2D eigenvalue weighted by Gasteiger charge is 2.21. The summed E-state index contributed by atoms with van der Waals surface area (Å²) in [5, 5.41) is 9.23. The fourth-order valence-electron chi connectivity index (χ4n) is 2.10. The fraction of sp³-hybridized carbons (Fsp3) is 0.500. The quantitative estimate of drug-likeness (QED) is 0.619. The van der Waals surface area contributed by atoms with Crippen LogP contribution in [0.4, 0.5) is 0 Å². The first-order valence-electron chi connectivity index (χ1n) is 6.24. The lowest BCUT2D eigenvalue weighted by atomic mass is 10.2. The van der Waals surface area contributed by atoms with Gasteiger partial charge in [0.1, 0.15) is 10.6 Å². The Morgan fingerprint density at radius 2 is 2.05 bits per heavy atom. The smallest absolute Gasteiger partial charge is 0.346 e. The summed E-state index contributed by atoms with van der Waals surface area (Å²) < 4.78 is 0. The van der Waals surface area contributed by atoms with Crippen LogP contribution in [-0.4, -0.2) is 50.7 Å². The molecule has 0 unspecified atom stereocenters. The van der Waals surface area contributed by atoms with Crippen molar-refractivity contribution in [3.8, 4) is 0 Å². The number of hydrogen-bond acceptors (Lipinski definition) is 5. The molecule has 0 radical (unpaired) electrons. The van der Waals surface area contributed by atoms with Crippen LogP contribution in [0.1, 0.15) is 28.9 Å². The Morgan fingerprint density at radius 3 is 2.65 bits per heavy atom. The number of rotatable bonds is 4. The number of aryl methyl sites for hydroxylation is 1. The van der Waals surface area contributed by atoms with Crippen LogP contribution in [0.25, 0.3) is 0 Å². The monoisotopic (exact) mass is 297 g/mol. The Kier molecular flexibility index (Phi) is 4.43. The topological polar surface area (TPSA) is 103 Å². The first-order chi connectivity index (χ1) is 9.49. The minimum atomic E-state index is -1.16. The maximum Gasteiger partial charge on any atom is 0.346 e. The molecule has 1 fully saturated rings. The lowest BCUT2D eigenvalue weighted by Gasteiger charge is -2.14. The van der Waals surface area contributed by atoms with Gasteiger partial charge in [0.15, 0.2) is 0 Å². The van der Waals surface area contributed by atoms with Crippen LogP contribution in [0.5, 0.6) is 0 Å². The van der Waals surface area contributed by atoms with E-state index in [-0.39, 0.29) is 27.9 Å². The summed E-state index contributed by atoms with van der Waals surface area (Å²) in [6.45, 7) is 2.99. The summed E-state index contributed by atoms with van der Waals surface area (Å²) in [4.78, 5) is 42.2. The van der Waals surface area contributed by atoms with Crippen LogP contribution in [0.3, 0.4) is 0 Å². The van der Waals surface area contributed by atoms with Crippen LogP contribution in [0.2, 0.25) is 0 Å². The number of amides is 1. The van der Waals surface area contributed by atoms with Crippen molar-refractivity contribution < 1.29 is 14.7 Å². The number of carbonyl (C=O) groups excluding carboxylic acids is 1. The number of carbonyl (C=O) groups is 2. The fourth-order valence-corrected chi connectivity index (χ4v) is 3.08. The Morgan fingerprint density at radius 1 is 1.40 bits per heavy atom. The minimum Gasteiger partial charge on any atom is -0.478 e. The zero-order valence-electron chi connectivity index (χ0n) is 11.0. The van der Waals surface area contributed by atoms with E-state index in [0.29, 0.717) is 0 Å². The molecule has 0 spiro atoms. The molecule has 0 aromatic carbocycles. The Bertz CT molecular complexity index is 593. The molecule has 2 heterocycles. The maximum atomic E-state index is 11.9. The van der Waals surface area contributed by atoms with Crippen molar-refractivity contribution in [2.24, 2.45) is 0 Å². The number of carboxylic acids is 1. The number of aromatic amines is 1. The number of nitrogens with zero attached hydrogens (tertiary/aromatic N) is 2. The van der Waals surface area contributed by atoms with Gasteiger partial charge in [-0.1, -0.05) is 11.8 Å². The summed E-state index contributed by atoms with van der Waals surface area (Å²) in [5.74, 6) is -1.12. The summed E-state index contributed by atoms with van der Waals surface area (Å²) in [7, 11) is 0. The molecule has 108 valence electrons. The van der Waals surface area contributed by atoms with Gasteiger partial charge in [-0.15, -0.1) is 0 Å². The van der Waals surface area contributed by atoms with Crippen molar-refractivity contribution in [2.75, 3.05) is 18.8 Å². The molecule has 8 heteroatoms. The van der Waals surface area contributed by atoms with Gasteiger partial charge in [0, 0.05) is 18.8 Å². The molecule has 7 nitrogen and oxygen atoms in total. The minimum absolute atomic E-state index is 0.0520. The zero-order valence-corrected chi connectivity index (χ0v) is 11.8. The molecular weight excluding hydrogens is 282 g/mol. The predicted octanol–water partition coefficient (Wildman–Crippen LogP) is 0.491. The van der Waals surface area contributed by atoms with Gasteiger partial charge in [0.25, 0.3) is 0 Å². The summed E-state index contributed by atoms with van der Waals surface area (Å²) >= 11 is 0.996. The van der Waals surface area contributed by atoms with E-state index in [4.69, 9.17) is 5.11 Å². The number of aromatic carboxylic acids is 1. The maximum absolute atomic E-state index is 11.9. The average molecular weight is 297 g/mol. The number of aromatic nitrogens is 2. The highest BCUT2D eigenvalue weighted by atomic mass is 32.2. The second kappa shape index (κ2) is 6.08. The Labute approximate surface area is 119 Å². The van der Waals surface area contributed by atoms with Crippen LogP contribution >= 0.6 is 11.8 Å². The lowest BCUT2D eigenvalue weighted by Crippen LogP contribution is -2.29. The van der Waals surface area contributed by atoms with Crippen molar-refractivity contribution in [1.82, 2.24) is 14.9 Å². The first-order valence-corrected chi connectivity index (χ1v) is 7.22. The third-order valence-corrected chi connectivity index (χ3v) is 4.05. The predicted molar refractivity (Wildman–Crippen MR) is 73.1 cm³/mol. The van der Waals surface area contributed by atoms with E-state index in [9.17, 15) is 14.4 Å². The van der Waals surface area contributed by atoms with Crippen molar-refractivity contribution in [1.29, 1.82) is 0 Å². The van der Waals surface area contributed by atoms with Crippen molar-refractivity contribution in [3.05, 3.63) is 21.7 Å². The second-order valence-corrected chi connectivity index (χ2v) is 5.49. The van der Waals surface area contributed by atoms with Gasteiger partial charge in [-0.3, -0.25) is 4.79 Å². The molecule has 0 aliphatic carbocycles. The standard InChI is InChI=1S/C12H15N3O4S/c1-7-9(11(17)18)10(14-12(19)13-7)20-6-8(16)15-4-2-3-5-15/h2-6H2,1H3,(H,17,18)(H,13,14,19).